The third kappa shape index (κ3) is 4.05. The fourth-order valence-electron chi connectivity index (χ4n) is 1.83. The predicted octanol–water partition coefficient (Wildman–Crippen LogP) is 2.58. The van der Waals surface area contributed by atoms with E-state index < -0.39 is 10.0 Å². The predicted molar refractivity (Wildman–Crippen MR) is 78.3 cm³/mol. The summed E-state index contributed by atoms with van der Waals surface area (Å²) >= 11 is 0. The Morgan fingerprint density at radius 3 is 2.48 bits per heavy atom. The largest absolute Gasteiger partial charge is 0.456 e. The van der Waals surface area contributed by atoms with Crippen LogP contribution in [0.1, 0.15) is 12.0 Å². The van der Waals surface area contributed by atoms with E-state index in [1.807, 2.05) is 12.1 Å². The van der Waals surface area contributed by atoms with Gasteiger partial charge in [-0.1, -0.05) is 24.3 Å². The van der Waals surface area contributed by atoms with Crippen molar-refractivity contribution in [2.24, 2.45) is 5.14 Å². The molecule has 0 unspecified atom stereocenters. The zero-order valence-electron chi connectivity index (χ0n) is 11.2. The van der Waals surface area contributed by atoms with Crippen molar-refractivity contribution in [1.29, 1.82) is 5.26 Å². The molecule has 0 bridgehead atoms. The van der Waals surface area contributed by atoms with Crippen LogP contribution in [-0.4, -0.2) is 8.42 Å². The molecule has 2 N–H and O–H groups in total. The molecule has 0 atom stereocenters. The van der Waals surface area contributed by atoms with Crippen LogP contribution in [0.25, 0.3) is 0 Å². The van der Waals surface area contributed by atoms with Crippen molar-refractivity contribution in [3.8, 4) is 17.6 Å². The maximum atomic E-state index is 11.7. The molecule has 0 fully saturated rings. The number of ether oxygens (including phenoxy) is 1. The molecule has 2 aromatic carbocycles. The minimum atomic E-state index is -3.91. The van der Waals surface area contributed by atoms with Crippen molar-refractivity contribution in [3.05, 3.63) is 54.1 Å². The number of rotatable bonds is 5. The summed E-state index contributed by atoms with van der Waals surface area (Å²) in [5, 5.41) is 13.8. The van der Waals surface area contributed by atoms with Crippen LogP contribution in [0.3, 0.4) is 0 Å². The summed E-state index contributed by atoms with van der Waals surface area (Å²) in [4.78, 5) is -0.0817. The van der Waals surface area contributed by atoms with Crippen LogP contribution in [0, 0.1) is 11.3 Å². The lowest BCUT2D eigenvalue weighted by molar-refractivity contribution is 0.467. The minimum Gasteiger partial charge on any atom is -0.456 e. The van der Waals surface area contributed by atoms with E-state index in [1.54, 1.807) is 36.4 Å². The van der Waals surface area contributed by atoms with Gasteiger partial charge in [-0.2, -0.15) is 5.26 Å². The van der Waals surface area contributed by atoms with Gasteiger partial charge in [0.25, 0.3) is 0 Å². The number of aryl methyl sites for hydroxylation is 1. The van der Waals surface area contributed by atoms with Crippen LogP contribution in [0.15, 0.2) is 53.4 Å². The van der Waals surface area contributed by atoms with Gasteiger partial charge in [0.1, 0.15) is 16.4 Å². The summed E-state index contributed by atoms with van der Waals surface area (Å²) in [7, 11) is -3.91. The average molecular weight is 302 g/mol. The van der Waals surface area contributed by atoms with Crippen LogP contribution in [-0.2, 0) is 16.4 Å². The summed E-state index contributed by atoms with van der Waals surface area (Å²) in [6.07, 6.45) is 0.771. The minimum absolute atomic E-state index is 0.0817. The zero-order chi connectivity index (χ0) is 15.3. The SMILES string of the molecule is N#CCCc1ccc(Oc2ccccc2)c(S(N)(=O)=O)c1. The number of hydrogen-bond acceptors (Lipinski definition) is 4. The van der Waals surface area contributed by atoms with Gasteiger partial charge in [0, 0.05) is 6.42 Å². The number of nitrogens with zero attached hydrogens (tertiary/aromatic N) is 1. The topological polar surface area (TPSA) is 93.2 Å². The number of nitriles is 1. The summed E-state index contributed by atoms with van der Waals surface area (Å²) in [5.74, 6) is 0.691. The quantitative estimate of drug-likeness (QED) is 0.918. The highest BCUT2D eigenvalue weighted by Gasteiger charge is 2.16. The van der Waals surface area contributed by atoms with Gasteiger partial charge >= 0.3 is 0 Å². The number of hydrogen-bond donors (Lipinski definition) is 1. The van der Waals surface area contributed by atoms with E-state index >= 15 is 0 Å². The Labute approximate surface area is 123 Å². The number of benzene rings is 2. The van der Waals surface area contributed by atoms with Gasteiger partial charge < -0.3 is 4.74 Å². The standard InChI is InChI=1S/C15H14N2O3S/c16-10-4-5-12-8-9-14(15(11-12)21(17,18)19)20-13-6-2-1-3-7-13/h1-3,6-9,11H,4-5H2,(H2,17,18,19). The van der Waals surface area contributed by atoms with E-state index in [0.29, 0.717) is 18.6 Å². The van der Waals surface area contributed by atoms with E-state index in [0.717, 1.165) is 5.56 Å². The van der Waals surface area contributed by atoms with Crippen molar-refractivity contribution in [2.75, 3.05) is 0 Å². The second-order valence-electron chi connectivity index (χ2n) is 4.40. The highest BCUT2D eigenvalue weighted by Crippen LogP contribution is 2.29. The molecule has 6 heteroatoms. The molecule has 0 radical (unpaired) electrons. The zero-order valence-corrected chi connectivity index (χ0v) is 12.0. The molecule has 0 aromatic heterocycles. The lowest BCUT2D eigenvalue weighted by Crippen LogP contribution is -2.13. The fourth-order valence-corrected chi connectivity index (χ4v) is 2.54. The molecular weight excluding hydrogens is 288 g/mol. The number of para-hydroxylation sites is 1. The lowest BCUT2D eigenvalue weighted by Gasteiger charge is -2.11. The third-order valence-electron chi connectivity index (χ3n) is 2.81. The Kier molecular flexibility index (Phi) is 4.58. The van der Waals surface area contributed by atoms with Crippen molar-refractivity contribution >= 4 is 10.0 Å². The Balaban J connectivity index is 2.39. The number of nitrogens with two attached hydrogens (primary N) is 1. The van der Waals surface area contributed by atoms with E-state index in [-0.39, 0.29) is 10.6 Å². The summed E-state index contributed by atoms with van der Waals surface area (Å²) < 4.78 is 29.0. The van der Waals surface area contributed by atoms with Gasteiger partial charge in [0.05, 0.1) is 6.07 Å². The Morgan fingerprint density at radius 1 is 1.14 bits per heavy atom. The normalized spacial score (nSPS) is 10.9. The van der Waals surface area contributed by atoms with Crippen LogP contribution in [0.5, 0.6) is 11.5 Å². The van der Waals surface area contributed by atoms with Gasteiger partial charge in [-0.05, 0) is 36.2 Å². The van der Waals surface area contributed by atoms with E-state index in [9.17, 15) is 8.42 Å². The molecule has 0 saturated carbocycles. The summed E-state index contributed by atoms with van der Waals surface area (Å²) in [6, 6.07) is 15.6. The van der Waals surface area contributed by atoms with Gasteiger partial charge in [-0.3, -0.25) is 0 Å². The van der Waals surface area contributed by atoms with Crippen molar-refractivity contribution in [3.63, 3.8) is 0 Å². The number of primary sulfonamides is 1. The fraction of sp³-hybridized carbons (Fsp3) is 0.133. The van der Waals surface area contributed by atoms with Gasteiger partial charge in [0.15, 0.2) is 0 Å². The summed E-state index contributed by atoms with van der Waals surface area (Å²) in [6.45, 7) is 0. The summed E-state index contributed by atoms with van der Waals surface area (Å²) in [5.41, 5.74) is 0.723. The van der Waals surface area contributed by atoms with Crippen LogP contribution < -0.4 is 9.88 Å². The van der Waals surface area contributed by atoms with Crippen LogP contribution in [0.2, 0.25) is 0 Å². The van der Waals surface area contributed by atoms with E-state index in [4.69, 9.17) is 15.1 Å². The van der Waals surface area contributed by atoms with E-state index in [1.165, 1.54) is 6.07 Å². The molecule has 21 heavy (non-hydrogen) atoms. The first-order valence-electron chi connectivity index (χ1n) is 6.26. The molecule has 0 amide bonds. The molecule has 2 rings (SSSR count). The molecule has 0 heterocycles. The smallest absolute Gasteiger partial charge is 0.241 e. The van der Waals surface area contributed by atoms with Crippen LogP contribution in [0.4, 0.5) is 0 Å². The molecule has 0 aliphatic heterocycles. The van der Waals surface area contributed by atoms with E-state index in [2.05, 4.69) is 0 Å². The maximum Gasteiger partial charge on any atom is 0.241 e. The van der Waals surface area contributed by atoms with Gasteiger partial charge in [0.2, 0.25) is 10.0 Å². The van der Waals surface area contributed by atoms with Crippen molar-refractivity contribution < 1.29 is 13.2 Å². The lowest BCUT2D eigenvalue weighted by atomic mass is 10.1. The van der Waals surface area contributed by atoms with Gasteiger partial charge in [-0.15, -0.1) is 0 Å². The molecule has 0 aliphatic carbocycles. The van der Waals surface area contributed by atoms with Gasteiger partial charge in [-0.25, -0.2) is 13.6 Å². The second kappa shape index (κ2) is 6.39. The Morgan fingerprint density at radius 2 is 1.86 bits per heavy atom. The first-order chi connectivity index (χ1) is 10.0. The third-order valence-corrected chi connectivity index (χ3v) is 3.74. The van der Waals surface area contributed by atoms with Crippen molar-refractivity contribution in [2.45, 2.75) is 17.7 Å². The van der Waals surface area contributed by atoms with Crippen molar-refractivity contribution in [1.82, 2.24) is 0 Å². The Bertz CT molecular complexity index is 765. The highest BCUT2D eigenvalue weighted by molar-refractivity contribution is 7.89. The monoisotopic (exact) mass is 302 g/mol. The first-order valence-corrected chi connectivity index (χ1v) is 7.81. The molecule has 0 saturated heterocycles. The molecular formula is C15H14N2O3S. The molecule has 0 aliphatic rings. The molecule has 5 nitrogen and oxygen atoms in total. The number of sulfonamides is 1. The maximum absolute atomic E-state index is 11.7. The second-order valence-corrected chi connectivity index (χ2v) is 5.93. The average Bonchev–Trinajstić information content (AvgIpc) is 2.46. The highest BCUT2D eigenvalue weighted by atomic mass is 32.2. The molecule has 2 aromatic rings. The van der Waals surface area contributed by atoms with Crippen LogP contribution >= 0.6 is 0 Å². The Hall–Kier alpha value is -2.36. The molecule has 0 spiro atoms. The first kappa shape index (κ1) is 15.0. The molecule has 108 valence electrons.